The van der Waals surface area contributed by atoms with Gasteiger partial charge >= 0.3 is 0 Å². The molecule has 0 saturated carbocycles. The van der Waals surface area contributed by atoms with E-state index in [4.69, 9.17) is 5.73 Å². The van der Waals surface area contributed by atoms with Gasteiger partial charge in [0.15, 0.2) is 0 Å². The van der Waals surface area contributed by atoms with Crippen molar-refractivity contribution in [2.45, 2.75) is 77.6 Å². The highest BCUT2D eigenvalue weighted by atomic mass is 16.1. The highest BCUT2D eigenvalue weighted by Gasteiger charge is 1.99. The molecule has 0 fully saturated rings. The van der Waals surface area contributed by atoms with Crippen LogP contribution in [0.15, 0.2) is 0 Å². The number of carbonyl (C=O) groups is 2. The summed E-state index contributed by atoms with van der Waals surface area (Å²) in [6, 6.07) is 0. The third kappa shape index (κ3) is 14.9. The summed E-state index contributed by atoms with van der Waals surface area (Å²) >= 11 is 0. The first kappa shape index (κ1) is 17.9. The molecule has 0 rings (SSSR count). The third-order valence-corrected chi connectivity index (χ3v) is 3.20. The van der Waals surface area contributed by atoms with Crippen molar-refractivity contribution < 1.29 is 9.59 Å². The molecule has 0 aromatic heterocycles. The van der Waals surface area contributed by atoms with Gasteiger partial charge in [-0.3, -0.25) is 9.59 Å². The van der Waals surface area contributed by atoms with Crippen LogP contribution >= 0.6 is 0 Å². The summed E-state index contributed by atoms with van der Waals surface area (Å²) in [5, 5.41) is 2.81. The molecule has 112 valence electrons. The lowest BCUT2D eigenvalue weighted by molar-refractivity contribution is -0.121. The second-order valence-corrected chi connectivity index (χ2v) is 5.10. The minimum Gasteiger partial charge on any atom is -0.370 e. The van der Waals surface area contributed by atoms with Crippen LogP contribution in [0.4, 0.5) is 0 Å². The van der Waals surface area contributed by atoms with Crippen LogP contribution in [0.3, 0.4) is 0 Å². The first-order valence-corrected chi connectivity index (χ1v) is 7.71. The summed E-state index contributed by atoms with van der Waals surface area (Å²) in [6.07, 6.45) is 11.6. The van der Waals surface area contributed by atoms with Crippen molar-refractivity contribution in [1.29, 1.82) is 0 Å². The van der Waals surface area contributed by atoms with Gasteiger partial charge in [0, 0.05) is 19.4 Å². The molecule has 0 aromatic rings. The zero-order valence-corrected chi connectivity index (χ0v) is 12.4. The predicted molar refractivity (Wildman–Crippen MR) is 78.7 cm³/mol. The molecule has 0 bridgehead atoms. The fourth-order valence-electron chi connectivity index (χ4n) is 2.11. The summed E-state index contributed by atoms with van der Waals surface area (Å²) in [5.41, 5.74) is 5.07. The van der Waals surface area contributed by atoms with Crippen molar-refractivity contribution in [3.8, 4) is 0 Å². The van der Waals surface area contributed by atoms with Crippen LogP contribution in [0, 0.1) is 0 Å². The average molecular weight is 270 g/mol. The Kier molecular flexibility index (Phi) is 12.6. The number of rotatable bonds is 13. The summed E-state index contributed by atoms with van der Waals surface area (Å²) in [7, 11) is 0. The van der Waals surface area contributed by atoms with E-state index < -0.39 is 0 Å². The molecule has 0 heterocycles. The largest absolute Gasteiger partial charge is 0.370 e. The van der Waals surface area contributed by atoms with Crippen LogP contribution < -0.4 is 11.1 Å². The standard InChI is InChI=1S/C15H30N2O2/c1-2-17-15(19)13-11-9-7-5-3-4-6-8-10-12-14(16)18/h2-13H2,1H3,(H2,16,18)(H,17,19). The molecule has 0 spiro atoms. The Morgan fingerprint density at radius 3 is 1.63 bits per heavy atom. The van der Waals surface area contributed by atoms with Gasteiger partial charge in [0.2, 0.25) is 11.8 Å². The number of hydrogen-bond acceptors (Lipinski definition) is 2. The lowest BCUT2D eigenvalue weighted by Crippen LogP contribution is -2.21. The Hall–Kier alpha value is -1.06. The van der Waals surface area contributed by atoms with E-state index in [0.717, 1.165) is 32.2 Å². The molecular formula is C15H30N2O2. The van der Waals surface area contributed by atoms with Crippen LogP contribution in [0.25, 0.3) is 0 Å². The van der Waals surface area contributed by atoms with Gasteiger partial charge in [-0.15, -0.1) is 0 Å². The van der Waals surface area contributed by atoms with Gasteiger partial charge in [0.25, 0.3) is 0 Å². The van der Waals surface area contributed by atoms with Crippen LogP contribution in [0.5, 0.6) is 0 Å². The smallest absolute Gasteiger partial charge is 0.219 e. The SMILES string of the molecule is CCNC(=O)CCCCCCCCCCCC(N)=O. The molecule has 0 atom stereocenters. The van der Waals surface area contributed by atoms with Crippen molar-refractivity contribution in [3.05, 3.63) is 0 Å². The maximum Gasteiger partial charge on any atom is 0.219 e. The van der Waals surface area contributed by atoms with Crippen molar-refractivity contribution >= 4 is 11.8 Å². The summed E-state index contributed by atoms with van der Waals surface area (Å²) < 4.78 is 0. The maximum atomic E-state index is 11.2. The maximum absolute atomic E-state index is 11.2. The van der Waals surface area contributed by atoms with E-state index in [-0.39, 0.29) is 11.8 Å². The Balaban J connectivity index is 3.06. The number of nitrogens with one attached hydrogen (secondary N) is 1. The van der Waals surface area contributed by atoms with E-state index in [1.807, 2.05) is 6.92 Å². The zero-order valence-electron chi connectivity index (χ0n) is 12.4. The molecule has 0 unspecified atom stereocenters. The fraction of sp³-hybridized carbons (Fsp3) is 0.867. The predicted octanol–water partition coefficient (Wildman–Crippen LogP) is 2.90. The van der Waals surface area contributed by atoms with E-state index in [2.05, 4.69) is 5.32 Å². The molecule has 0 aliphatic rings. The van der Waals surface area contributed by atoms with Crippen molar-refractivity contribution in [1.82, 2.24) is 5.32 Å². The number of amides is 2. The first-order chi connectivity index (χ1) is 9.16. The number of primary amides is 1. The highest BCUT2D eigenvalue weighted by Crippen LogP contribution is 2.11. The van der Waals surface area contributed by atoms with Crippen LogP contribution in [-0.2, 0) is 9.59 Å². The van der Waals surface area contributed by atoms with Crippen molar-refractivity contribution in [2.24, 2.45) is 5.73 Å². The quantitative estimate of drug-likeness (QED) is 0.505. The van der Waals surface area contributed by atoms with E-state index in [1.54, 1.807) is 0 Å². The molecule has 2 amide bonds. The molecular weight excluding hydrogens is 240 g/mol. The molecule has 0 aliphatic heterocycles. The topological polar surface area (TPSA) is 72.2 Å². The number of carbonyl (C=O) groups excluding carboxylic acids is 2. The zero-order chi connectivity index (χ0) is 14.3. The molecule has 0 saturated heterocycles. The minimum atomic E-state index is -0.188. The summed E-state index contributed by atoms with van der Waals surface area (Å²) in [5.74, 6) is -0.0101. The monoisotopic (exact) mass is 270 g/mol. The Morgan fingerprint density at radius 2 is 1.21 bits per heavy atom. The van der Waals surface area contributed by atoms with Crippen LogP contribution in [0.1, 0.15) is 77.6 Å². The first-order valence-electron chi connectivity index (χ1n) is 7.71. The molecule has 0 radical (unpaired) electrons. The summed E-state index contributed by atoms with van der Waals surface area (Å²) in [6.45, 7) is 2.68. The van der Waals surface area contributed by atoms with Gasteiger partial charge < -0.3 is 11.1 Å². The number of hydrogen-bond donors (Lipinski definition) is 2. The minimum absolute atomic E-state index is 0.178. The molecule has 4 heteroatoms. The van der Waals surface area contributed by atoms with E-state index >= 15 is 0 Å². The Labute approximate surface area is 117 Å². The van der Waals surface area contributed by atoms with Crippen molar-refractivity contribution in [3.63, 3.8) is 0 Å². The van der Waals surface area contributed by atoms with Gasteiger partial charge in [-0.25, -0.2) is 0 Å². The average Bonchev–Trinajstić information content (AvgIpc) is 2.36. The normalized spacial score (nSPS) is 10.4. The van der Waals surface area contributed by atoms with E-state index in [0.29, 0.717) is 12.8 Å². The van der Waals surface area contributed by atoms with Crippen molar-refractivity contribution in [2.75, 3.05) is 6.54 Å². The molecule has 0 aromatic carbocycles. The molecule has 4 nitrogen and oxygen atoms in total. The van der Waals surface area contributed by atoms with Gasteiger partial charge in [0.05, 0.1) is 0 Å². The van der Waals surface area contributed by atoms with Crippen LogP contribution in [0.2, 0.25) is 0 Å². The fourth-order valence-corrected chi connectivity index (χ4v) is 2.11. The van der Waals surface area contributed by atoms with Crippen LogP contribution in [-0.4, -0.2) is 18.4 Å². The number of nitrogens with two attached hydrogens (primary N) is 1. The van der Waals surface area contributed by atoms with Gasteiger partial charge in [-0.1, -0.05) is 44.9 Å². The van der Waals surface area contributed by atoms with E-state index in [9.17, 15) is 9.59 Å². The Bertz CT molecular complexity index is 242. The molecule has 19 heavy (non-hydrogen) atoms. The molecule has 3 N–H and O–H groups in total. The van der Waals surface area contributed by atoms with Gasteiger partial charge in [-0.2, -0.15) is 0 Å². The second kappa shape index (κ2) is 13.4. The number of unbranched alkanes of at least 4 members (excludes halogenated alkanes) is 8. The summed E-state index contributed by atoms with van der Waals surface area (Å²) in [4.78, 5) is 21.7. The second-order valence-electron chi connectivity index (χ2n) is 5.10. The third-order valence-electron chi connectivity index (χ3n) is 3.20. The highest BCUT2D eigenvalue weighted by molar-refractivity contribution is 5.75. The van der Waals surface area contributed by atoms with E-state index in [1.165, 1.54) is 32.1 Å². The lowest BCUT2D eigenvalue weighted by Gasteiger charge is -2.03. The van der Waals surface area contributed by atoms with Gasteiger partial charge in [-0.05, 0) is 19.8 Å². The lowest BCUT2D eigenvalue weighted by atomic mass is 10.1. The van der Waals surface area contributed by atoms with Gasteiger partial charge in [0.1, 0.15) is 0 Å². The Morgan fingerprint density at radius 1 is 0.789 bits per heavy atom. The molecule has 0 aliphatic carbocycles.